The zero-order chi connectivity index (χ0) is 27.4. The Hall–Kier alpha value is -2.83. The zero-order valence-electron chi connectivity index (χ0n) is 22.5. The van der Waals surface area contributed by atoms with Crippen LogP contribution >= 0.6 is 22.9 Å². The molecule has 7 rings (SSSR count). The smallest absolute Gasteiger partial charge is 0.228 e. The second kappa shape index (κ2) is 10.5. The second-order valence-electron chi connectivity index (χ2n) is 10.8. The summed E-state index contributed by atoms with van der Waals surface area (Å²) >= 11 is 8.20. The number of piperazine rings is 2. The van der Waals surface area contributed by atoms with E-state index in [9.17, 15) is 0 Å². The van der Waals surface area contributed by atoms with E-state index in [1.54, 1.807) is 0 Å². The van der Waals surface area contributed by atoms with Gasteiger partial charge in [-0.25, -0.2) is 14.4 Å². The van der Waals surface area contributed by atoms with Gasteiger partial charge in [-0.15, -0.1) is 0 Å². The summed E-state index contributed by atoms with van der Waals surface area (Å²) in [6.45, 7) is 12.7. The van der Waals surface area contributed by atoms with Crippen molar-refractivity contribution in [2.75, 3.05) is 87.5 Å². The van der Waals surface area contributed by atoms with Gasteiger partial charge < -0.3 is 25.8 Å². The monoisotopic (exact) mass is 581 g/mol. The van der Waals surface area contributed by atoms with Gasteiger partial charge in [-0.1, -0.05) is 42.0 Å². The van der Waals surface area contributed by atoms with Crippen molar-refractivity contribution in [1.29, 1.82) is 0 Å². The fourth-order valence-corrected chi connectivity index (χ4v) is 7.19. The van der Waals surface area contributed by atoms with Crippen molar-refractivity contribution in [2.24, 2.45) is 0 Å². The van der Waals surface area contributed by atoms with Crippen LogP contribution in [0.5, 0.6) is 0 Å². The molecule has 2 aromatic heterocycles. The van der Waals surface area contributed by atoms with Crippen LogP contribution in [0.2, 0.25) is 5.02 Å². The summed E-state index contributed by atoms with van der Waals surface area (Å²) in [6.07, 6.45) is 0. The lowest BCUT2D eigenvalue weighted by molar-refractivity contribution is 0.0856. The molecule has 12 heteroatoms. The number of benzene rings is 2. The number of halogens is 2. The van der Waals surface area contributed by atoms with Crippen molar-refractivity contribution in [3.05, 3.63) is 35.1 Å². The van der Waals surface area contributed by atoms with E-state index in [1.165, 1.54) is 11.3 Å². The highest BCUT2D eigenvalue weighted by Crippen LogP contribution is 2.42. The van der Waals surface area contributed by atoms with Crippen LogP contribution in [0.25, 0.3) is 32.2 Å². The first-order chi connectivity index (χ1) is 19.5. The van der Waals surface area contributed by atoms with Crippen LogP contribution < -0.4 is 20.9 Å². The fourth-order valence-electron chi connectivity index (χ4n) is 6.14. The summed E-state index contributed by atoms with van der Waals surface area (Å²) < 4.78 is 17.5. The third-order valence-electron chi connectivity index (χ3n) is 8.49. The molecule has 0 aliphatic carbocycles. The molecule has 3 saturated heterocycles. The summed E-state index contributed by atoms with van der Waals surface area (Å²) in [5.74, 6) is 0.868. The SMILES string of the molecule is CCN1CCN(C2CN(c3nc(N4CCNCC4)c4cc(Cl)c(-c5cccc6sc(N)nc56)c(F)c4n3)C2)CC1. The molecule has 0 amide bonds. The van der Waals surface area contributed by atoms with Crippen LogP contribution in [-0.4, -0.2) is 103 Å². The highest BCUT2D eigenvalue weighted by Gasteiger charge is 2.36. The Balaban J connectivity index is 1.29. The molecule has 0 saturated carbocycles. The van der Waals surface area contributed by atoms with Gasteiger partial charge in [-0.2, -0.15) is 4.98 Å². The molecule has 9 nitrogen and oxygen atoms in total. The highest BCUT2D eigenvalue weighted by atomic mass is 35.5. The van der Waals surface area contributed by atoms with Gasteiger partial charge in [-0.3, -0.25) is 4.90 Å². The van der Waals surface area contributed by atoms with Crippen molar-refractivity contribution in [2.45, 2.75) is 13.0 Å². The average Bonchev–Trinajstić information content (AvgIpc) is 3.34. The topological polar surface area (TPSA) is 89.7 Å². The number of nitrogens with two attached hydrogens (primary N) is 1. The maximum absolute atomic E-state index is 16.6. The molecule has 40 heavy (non-hydrogen) atoms. The van der Waals surface area contributed by atoms with Crippen LogP contribution in [0.15, 0.2) is 24.3 Å². The zero-order valence-corrected chi connectivity index (χ0v) is 24.1. The lowest BCUT2D eigenvalue weighted by Gasteiger charge is -2.48. The van der Waals surface area contributed by atoms with E-state index in [1.807, 2.05) is 24.3 Å². The predicted molar refractivity (Wildman–Crippen MR) is 162 cm³/mol. The minimum atomic E-state index is -0.450. The quantitative estimate of drug-likeness (QED) is 0.367. The van der Waals surface area contributed by atoms with E-state index in [2.05, 4.69) is 36.8 Å². The molecule has 2 aromatic carbocycles. The first-order valence-electron chi connectivity index (χ1n) is 14.0. The second-order valence-corrected chi connectivity index (χ2v) is 12.2. The predicted octanol–water partition coefficient (Wildman–Crippen LogP) is 3.52. The van der Waals surface area contributed by atoms with Crippen molar-refractivity contribution in [1.82, 2.24) is 30.1 Å². The number of thiazole rings is 1. The largest absolute Gasteiger partial charge is 0.375 e. The average molecular weight is 582 g/mol. The molecular weight excluding hydrogens is 549 g/mol. The molecule has 0 atom stereocenters. The number of hydrogen-bond donors (Lipinski definition) is 2. The van der Waals surface area contributed by atoms with Crippen molar-refractivity contribution >= 4 is 61.0 Å². The maximum Gasteiger partial charge on any atom is 0.228 e. The Bertz CT molecular complexity index is 1560. The summed E-state index contributed by atoms with van der Waals surface area (Å²) in [6, 6.07) is 7.95. The van der Waals surface area contributed by atoms with Gasteiger partial charge in [0.25, 0.3) is 0 Å². The summed E-state index contributed by atoms with van der Waals surface area (Å²) in [4.78, 5) is 23.8. The number of para-hydroxylation sites is 1. The van der Waals surface area contributed by atoms with Crippen molar-refractivity contribution < 1.29 is 4.39 Å². The molecule has 3 aliphatic heterocycles. The molecule has 3 N–H and O–H groups in total. The molecule has 0 spiro atoms. The van der Waals surface area contributed by atoms with E-state index in [0.717, 1.165) is 82.5 Å². The first-order valence-corrected chi connectivity index (χ1v) is 15.2. The number of aromatic nitrogens is 3. The highest BCUT2D eigenvalue weighted by molar-refractivity contribution is 7.22. The van der Waals surface area contributed by atoms with Gasteiger partial charge in [0.1, 0.15) is 11.3 Å². The van der Waals surface area contributed by atoms with Gasteiger partial charge >= 0.3 is 0 Å². The first kappa shape index (κ1) is 26.1. The Kier molecular flexibility index (Phi) is 6.87. The number of nitrogens with one attached hydrogen (secondary N) is 1. The van der Waals surface area contributed by atoms with E-state index >= 15 is 4.39 Å². The van der Waals surface area contributed by atoms with E-state index in [4.69, 9.17) is 27.3 Å². The third-order valence-corrected chi connectivity index (χ3v) is 9.64. The van der Waals surface area contributed by atoms with E-state index < -0.39 is 5.82 Å². The summed E-state index contributed by atoms with van der Waals surface area (Å²) in [5, 5.41) is 4.78. The molecule has 0 unspecified atom stereocenters. The van der Waals surface area contributed by atoms with Crippen LogP contribution in [0.4, 0.5) is 21.3 Å². The molecule has 3 aliphatic rings. The van der Waals surface area contributed by atoms with Gasteiger partial charge in [0.15, 0.2) is 10.9 Å². The molecular formula is C28H33ClFN9S. The van der Waals surface area contributed by atoms with Gasteiger partial charge in [-0.05, 0) is 18.7 Å². The van der Waals surface area contributed by atoms with Crippen LogP contribution in [0.3, 0.4) is 0 Å². The Morgan fingerprint density at radius 1 is 1.02 bits per heavy atom. The lowest BCUT2D eigenvalue weighted by atomic mass is 10.0. The van der Waals surface area contributed by atoms with Gasteiger partial charge in [0.05, 0.1) is 15.2 Å². The Labute approximate surface area is 241 Å². The van der Waals surface area contributed by atoms with Gasteiger partial charge in [0, 0.05) is 88.0 Å². The van der Waals surface area contributed by atoms with Crippen molar-refractivity contribution in [3.63, 3.8) is 0 Å². The summed E-state index contributed by atoms with van der Waals surface area (Å²) in [5.41, 5.74) is 7.86. The van der Waals surface area contributed by atoms with Crippen LogP contribution in [0.1, 0.15) is 6.92 Å². The third kappa shape index (κ3) is 4.53. The number of likely N-dealkylation sites (N-methyl/N-ethyl adjacent to an activating group) is 1. The minimum absolute atomic E-state index is 0.290. The molecule has 5 heterocycles. The lowest BCUT2D eigenvalue weighted by Crippen LogP contribution is -2.63. The number of fused-ring (bicyclic) bond motifs is 2. The minimum Gasteiger partial charge on any atom is -0.375 e. The molecule has 0 bridgehead atoms. The standard InChI is InChI=1S/C28H33ClFN9S/c1-2-36-10-12-37(13-11-36)17-15-39(16-17)28-34-25-19(26(35-28)38-8-6-32-7-9-38)14-20(29)22(23(25)30)18-4-3-5-21-24(18)33-27(31)40-21/h3-5,14,17,32H,2,6-13,15-16H2,1H3,(H2,31,33). The van der Waals surface area contributed by atoms with E-state index in [0.29, 0.717) is 44.2 Å². The van der Waals surface area contributed by atoms with Crippen LogP contribution in [-0.2, 0) is 0 Å². The Morgan fingerprint density at radius 2 is 1.80 bits per heavy atom. The molecule has 210 valence electrons. The molecule has 4 aromatic rings. The van der Waals surface area contributed by atoms with Crippen molar-refractivity contribution in [3.8, 4) is 11.1 Å². The maximum atomic E-state index is 16.6. The number of rotatable bonds is 5. The van der Waals surface area contributed by atoms with E-state index in [-0.39, 0.29) is 5.52 Å². The Morgan fingerprint density at radius 3 is 2.55 bits per heavy atom. The number of anilines is 3. The van der Waals surface area contributed by atoms with Gasteiger partial charge in [0.2, 0.25) is 5.95 Å². The number of nitrogen functional groups attached to an aromatic ring is 1. The van der Waals surface area contributed by atoms with Crippen LogP contribution in [0, 0.1) is 5.82 Å². The summed E-state index contributed by atoms with van der Waals surface area (Å²) in [7, 11) is 0. The normalized spacial score (nSPS) is 19.6. The number of nitrogens with zero attached hydrogens (tertiary/aromatic N) is 7. The molecule has 3 fully saturated rings. The molecule has 0 radical (unpaired) electrons. The number of hydrogen-bond acceptors (Lipinski definition) is 10. The fraction of sp³-hybridized carbons (Fsp3) is 0.464.